The first kappa shape index (κ1) is 22.3. The molecular formula is C28H19Cl2NO3. The molecule has 3 aromatic rings. The number of nitrogens with one attached hydrogen (secondary N) is 1. The monoisotopic (exact) mass is 487 g/mol. The van der Waals surface area contributed by atoms with E-state index in [1.165, 1.54) is 0 Å². The van der Waals surface area contributed by atoms with Crippen LogP contribution in [0.3, 0.4) is 0 Å². The molecule has 3 aromatic carbocycles. The Morgan fingerprint density at radius 1 is 0.706 bits per heavy atom. The van der Waals surface area contributed by atoms with Gasteiger partial charge in [0.15, 0.2) is 5.78 Å². The van der Waals surface area contributed by atoms with E-state index in [0.29, 0.717) is 32.3 Å². The average molecular weight is 488 g/mol. The van der Waals surface area contributed by atoms with Crippen molar-refractivity contribution < 1.29 is 14.4 Å². The van der Waals surface area contributed by atoms with Gasteiger partial charge >= 0.3 is 0 Å². The van der Waals surface area contributed by atoms with E-state index in [0.717, 1.165) is 11.1 Å². The van der Waals surface area contributed by atoms with Crippen molar-refractivity contribution in [1.82, 2.24) is 5.32 Å². The third kappa shape index (κ3) is 4.00. The summed E-state index contributed by atoms with van der Waals surface area (Å²) in [5.74, 6) is -0.944. The predicted molar refractivity (Wildman–Crippen MR) is 134 cm³/mol. The summed E-state index contributed by atoms with van der Waals surface area (Å²) >= 11 is 12.0. The van der Waals surface area contributed by atoms with Crippen LogP contribution in [0, 0.1) is 0 Å². The maximum absolute atomic E-state index is 13.4. The number of carbonyl (C=O) groups excluding carboxylic acids is 3. The minimum absolute atomic E-state index is 0.121. The van der Waals surface area contributed by atoms with Gasteiger partial charge in [0.25, 0.3) is 5.91 Å². The van der Waals surface area contributed by atoms with Crippen molar-refractivity contribution in [3.63, 3.8) is 0 Å². The Labute approximate surface area is 206 Å². The first-order valence-corrected chi connectivity index (χ1v) is 11.5. The van der Waals surface area contributed by atoms with E-state index in [1.807, 2.05) is 36.4 Å². The van der Waals surface area contributed by atoms with E-state index in [1.54, 1.807) is 48.6 Å². The Kier molecular flexibility index (Phi) is 5.72. The number of amides is 2. The molecule has 2 amide bonds. The van der Waals surface area contributed by atoms with Crippen molar-refractivity contribution in [3.8, 4) is 0 Å². The summed E-state index contributed by atoms with van der Waals surface area (Å²) in [5.41, 5.74) is 2.63. The van der Waals surface area contributed by atoms with Gasteiger partial charge in [-0.1, -0.05) is 71.7 Å². The summed E-state index contributed by atoms with van der Waals surface area (Å²) < 4.78 is 0. The van der Waals surface area contributed by atoms with E-state index in [-0.39, 0.29) is 18.6 Å². The molecule has 5 rings (SSSR count). The highest BCUT2D eigenvalue weighted by Gasteiger charge is 2.51. The standard InChI is InChI=1S/C28H19Cl2NO3/c29-21-9-5-17(6-10-21)13-19-15-28(24-4-2-1-3-23(24)25(19)32)16-20(26(33)31-27(28)34)14-18-7-11-22(30)12-8-18/h1-14H,15-16H2,(H,31,33,34)/b19-13+,20-14+. The van der Waals surface area contributed by atoms with Gasteiger partial charge in [0.05, 0.1) is 5.41 Å². The molecule has 1 unspecified atom stereocenters. The lowest BCUT2D eigenvalue weighted by Gasteiger charge is -2.41. The molecule has 2 aliphatic rings. The fourth-order valence-corrected chi connectivity index (χ4v) is 4.93. The summed E-state index contributed by atoms with van der Waals surface area (Å²) in [4.78, 5) is 39.5. The highest BCUT2D eigenvalue weighted by atomic mass is 35.5. The summed E-state index contributed by atoms with van der Waals surface area (Å²) in [6.07, 6.45) is 3.93. The zero-order valence-electron chi connectivity index (χ0n) is 18.0. The highest BCUT2D eigenvalue weighted by Crippen LogP contribution is 2.46. The summed E-state index contributed by atoms with van der Waals surface area (Å²) in [6.45, 7) is 0. The summed E-state index contributed by atoms with van der Waals surface area (Å²) in [6, 6.07) is 21.4. The SMILES string of the molecule is O=C1NC(=O)C2(C/C1=C\c1ccc(Cl)cc1)C/C(=C\c1ccc(Cl)cc1)C(=O)c1ccccc12. The minimum Gasteiger partial charge on any atom is -0.292 e. The number of rotatable bonds is 2. The first-order chi connectivity index (χ1) is 16.4. The van der Waals surface area contributed by atoms with Gasteiger partial charge in [-0.15, -0.1) is 0 Å². The first-order valence-electron chi connectivity index (χ1n) is 10.8. The molecule has 1 heterocycles. The molecule has 1 N–H and O–H groups in total. The third-order valence-corrected chi connectivity index (χ3v) is 6.84. The Morgan fingerprint density at radius 2 is 1.24 bits per heavy atom. The number of halogens is 2. The van der Waals surface area contributed by atoms with Gasteiger partial charge in [-0.3, -0.25) is 19.7 Å². The van der Waals surface area contributed by atoms with Crippen molar-refractivity contribution in [3.05, 3.63) is 116 Å². The lowest BCUT2D eigenvalue weighted by Crippen LogP contribution is -2.54. The zero-order chi connectivity index (χ0) is 23.9. The Bertz CT molecular complexity index is 1390. The molecule has 6 heteroatoms. The molecule has 4 nitrogen and oxygen atoms in total. The van der Waals surface area contributed by atoms with Crippen LogP contribution in [0.15, 0.2) is 83.9 Å². The molecule has 168 valence electrons. The maximum atomic E-state index is 13.4. The highest BCUT2D eigenvalue weighted by molar-refractivity contribution is 6.31. The molecule has 1 spiro atoms. The fraction of sp³-hybridized carbons (Fsp3) is 0.107. The molecule has 1 saturated heterocycles. The van der Waals surface area contributed by atoms with Crippen LogP contribution in [-0.2, 0) is 15.0 Å². The van der Waals surface area contributed by atoms with Crippen molar-refractivity contribution >= 4 is 53.0 Å². The topological polar surface area (TPSA) is 63.2 Å². The second-order valence-electron chi connectivity index (χ2n) is 8.54. The molecule has 1 fully saturated rings. The van der Waals surface area contributed by atoms with Gasteiger partial charge in [0.1, 0.15) is 0 Å². The number of piperidine rings is 1. The second-order valence-corrected chi connectivity index (χ2v) is 9.41. The number of allylic oxidation sites excluding steroid dienone is 1. The molecule has 0 saturated carbocycles. The zero-order valence-corrected chi connectivity index (χ0v) is 19.5. The van der Waals surface area contributed by atoms with E-state index < -0.39 is 17.2 Å². The molecule has 0 bridgehead atoms. The smallest absolute Gasteiger partial charge is 0.253 e. The van der Waals surface area contributed by atoms with Crippen LogP contribution in [0.1, 0.15) is 39.9 Å². The number of benzene rings is 3. The van der Waals surface area contributed by atoms with Gasteiger partial charge in [0.2, 0.25) is 5.91 Å². The number of Topliss-reactive ketones (excluding diaryl/α,β-unsaturated/α-hetero) is 1. The normalized spacial score (nSPS) is 22.2. The summed E-state index contributed by atoms with van der Waals surface area (Å²) in [5, 5.41) is 3.74. The molecule has 1 aliphatic heterocycles. The van der Waals surface area contributed by atoms with Gasteiger partial charge < -0.3 is 0 Å². The number of fused-ring (bicyclic) bond motifs is 2. The van der Waals surface area contributed by atoms with Crippen LogP contribution >= 0.6 is 23.2 Å². The van der Waals surface area contributed by atoms with Gasteiger partial charge in [-0.05, 0) is 65.9 Å². The van der Waals surface area contributed by atoms with Crippen LogP contribution in [0.5, 0.6) is 0 Å². The minimum atomic E-state index is -1.07. The lowest BCUT2D eigenvalue weighted by atomic mass is 9.62. The van der Waals surface area contributed by atoms with Crippen molar-refractivity contribution in [2.75, 3.05) is 0 Å². The van der Waals surface area contributed by atoms with Crippen LogP contribution in [0.25, 0.3) is 12.2 Å². The number of hydrogen-bond donors (Lipinski definition) is 1. The second kappa shape index (κ2) is 8.71. The van der Waals surface area contributed by atoms with Crippen LogP contribution in [-0.4, -0.2) is 17.6 Å². The molecule has 1 aliphatic carbocycles. The van der Waals surface area contributed by atoms with Crippen molar-refractivity contribution in [1.29, 1.82) is 0 Å². The third-order valence-electron chi connectivity index (χ3n) is 6.34. The molecule has 34 heavy (non-hydrogen) atoms. The Hall–Kier alpha value is -3.47. The Balaban J connectivity index is 1.63. The largest absolute Gasteiger partial charge is 0.292 e. The number of imide groups is 1. The van der Waals surface area contributed by atoms with E-state index in [4.69, 9.17) is 23.2 Å². The van der Waals surface area contributed by atoms with Crippen LogP contribution in [0.2, 0.25) is 10.0 Å². The van der Waals surface area contributed by atoms with Gasteiger partial charge in [0, 0.05) is 26.8 Å². The predicted octanol–water partition coefficient (Wildman–Crippen LogP) is 6.03. The quantitative estimate of drug-likeness (QED) is 0.354. The van der Waals surface area contributed by atoms with E-state index >= 15 is 0 Å². The van der Waals surface area contributed by atoms with Crippen LogP contribution in [0.4, 0.5) is 0 Å². The van der Waals surface area contributed by atoms with Crippen LogP contribution < -0.4 is 5.32 Å². The molecule has 0 aromatic heterocycles. The number of ketones is 1. The average Bonchev–Trinajstić information content (AvgIpc) is 2.83. The number of carbonyl (C=O) groups is 3. The van der Waals surface area contributed by atoms with Gasteiger partial charge in [-0.2, -0.15) is 0 Å². The van der Waals surface area contributed by atoms with Crippen molar-refractivity contribution in [2.45, 2.75) is 18.3 Å². The van der Waals surface area contributed by atoms with E-state index in [2.05, 4.69) is 5.32 Å². The van der Waals surface area contributed by atoms with Gasteiger partial charge in [-0.25, -0.2) is 0 Å². The maximum Gasteiger partial charge on any atom is 0.253 e. The molecule has 0 radical (unpaired) electrons. The lowest BCUT2D eigenvalue weighted by molar-refractivity contribution is -0.135. The Morgan fingerprint density at radius 3 is 1.85 bits per heavy atom. The molecular weight excluding hydrogens is 469 g/mol. The number of hydrogen-bond acceptors (Lipinski definition) is 3. The molecule has 1 atom stereocenters. The van der Waals surface area contributed by atoms with E-state index in [9.17, 15) is 14.4 Å². The van der Waals surface area contributed by atoms with Crippen molar-refractivity contribution in [2.24, 2.45) is 0 Å². The fourth-order valence-electron chi connectivity index (χ4n) is 4.67. The summed E-state index contributed by atoms with van der Waals surface area (Å²) in [7, 11) is 0.